The predicted octanol–water partition coefficient (Wildman–Crippen LogP) is 0.742. The second-order valence-corrected chi connectivity index (χ2v) is 3.59. The number of anilines is 1. The van der Waals surface area contributed by atoms with E-state index in [2.05, 4.69) is 20.5 Å². The predicted molar refractivity (Wildman–Crippen MR) is 52.6 cm³/mol. The van der Waals surface area contributed by atoms with Gasteiger partial charge in [0.05, 0.1) is 0 Å². The largest absolute Gasteiger partial charge is 0.295 e. The van der Waals surface area contributed by atoms with Crippen LogP contribution >= 0.6 is 11.8 Å². The molecule has 0 radical (unpaired) electrons. The Labute approximate surface area is 80.7 Å². The molecule has 1 rings (SSSR count). The molecule has 1 aromatic rings. The van der Waals surface area contributed by atoms with Crippen LogP contribution in [0.15, 0.2) is 6.33 Å². The van der Waals surface area contributed by atoms with Gasteiger partial charge in [0.15, 0.2) is 0 Å². The van der Waals surface area contributed by atoms with E-state index in [1.165, 1.54) is 6.33 Å². The summed E-state index contributed by atoms with van der Waals surface area (Å²) in [6.07, 6.45) is 3.33. The molecule has 6 heteroatoms. The topological polar surface area (TPSA) is 70.7 Å². The molecule has 0 fully saturated rings. The van der Waals surface area contributed by atoms with E-state index in [-0.39, 0.29) is 11.8 Å². The Morgan fingerprint density at radius 3 is 3.15 bits per heavy atom. The van der Waals surface area contributed by atoms with E-state index in [0.717, 1.165) is 5.75 Å². The number of aromatic amines is 1. The zero-order valence-electron chi connectivity index (χ0n) is 7.57. The monoisotopic (exact) mass is 200 g/mol. The molecule has 5 nitrogen and oxygen atoms in total. The molecule has 1 heterocycles. The third kappa shape index (κ3) is 3.06. The fraction of sp³-hybridized carbons (Fsp3) is 0.571. The van der Waals surface area contributed by atoms with Gasteiger partial charge in [0.2, 0.25) is 11.9 Å². The highest BCUT2D eigenvalue weighted by atomic mass is 32.2. The molecule has 0 aliphatic heterocycles. The van der Waals surface area contributed by atoms with Crippen molar-refractivity contribution in [2.45, 2.75) is 6.92 Å². The van der Waals surface area contributed by atoms with Crippen molar-refractivity contribution < 1.29 is 4.79 Å². The fourth-order valence-electron chi connectivity index (χ4n) is 0.831. The molecular formula is C7H12N4OS. The summed E-state index contributed by atoms with van der Waals surface area (Å²) < 4.78 is 0. The molecule has 0 saturated carbocycles. The van der Waals surface area contributed by atoms with Crippen molar-refractivity contribution >= 4 is 23.6 Å². The Hall–Kier alpha value is -1.04. The second-order valence-electron chi connectivity index (χ2n) is 2.68. The minimum Gasteiger partial charge on any atom is -0.295 e. The van der Waals surface area contributed by atoms with Crippen molar-refractivity contribution in [2.24, 2.45) is 5.92 Å². The molecule has 72 valence electrons. The zero-order chi connectivity index (χ0) is 9.68. The third-order valence-electron chi connectivity index (χ3n) is 1.52. The highest BCUT2D eigenvalue weighted by molar-refractivity contribution is 7.98. The molecule has 2 N–H and O–H groups in total. The van der Waals surface area contributed by atoms with Crippen LogP contribution in [0.1, 0.15) is 6.92 Å². The number of nitrogens with one attached hydrogen (secondary N) is 2. The molecule has 0 aliphatic rings. The number of H-pyrrole nitrogens is 1. The lowest BCUT2D eigenvalue weighted by Gasteiger charge is -2.07. The van der Waals surface area contributed by atoms with Crippen LogP contribution < -0.4 is 5.32 Å². The zero-order valence-corrected chi connectivity index (χ0v) is 8.39. The lowest BCUT2D eigenvalue weighted by Crippen LogP contribution is -2.22. The SMILES string of the molecule is CSCC(C)C(=O)Nc1ncn[nH]1. The van der Waals surface area contributed by atoms with Crippen LogP contribution in [0.25, 0.3) is 0 Å². The van der Waals surface area contributed by atoms with Gasteiger partial charge in [-0.15, -0.1) is 0 Å². The van der Waals surface area contributed by atoms with Crippen molar-refractivity contribution in [3.63, 3.8) is 0 Å². The van der Waals surface area contributed by atoms with Gasteiger partial charge in [-0.2, -0.15) is 21.8 Å². The maximum absolute atomic E-state index is 11.4. The molecule has 0 saturated heterocycles. The van der Waals surface area contributed by atoms with E-state index in [0.29, 0.717) is 5.95 Å². The van der Waals surface area contributed by atoms with E-state index >= 15 is 0 Å². The number of amides is 1. The van der Waals surface area contributed by atoms with Crippen molar-refractivity contribution in [3.05, 3.63) is 6.33 Å². The number of carbonyl (C=O) groups is 1. The number of rotatable bonds is 4. The minimum atomic E-state index is -0.0360. The van der Waals surface area contributed by atoms with E-state index in [9.17, 15) is 4.79 Å². The summed E-state index contributed by atoms with van der Waals surface area (Å²) in [5, 5.41) is 8.81. The number of thioether (sulfide) groups is 1. The number of carbonyl (C=O) groups excluding carboxylic acids is 1. The molecule has 0 spiro atoms. The molecule has 1 unspecified atom stereocenters. The van der Waals surface area contributed by atoms with Gasteiger partial charge in [0, 0.05) is 11.7 Å². The standard InChI is InChI=1S/C7H12N4OS/c1-5(3-13-2)6(12)10-7-8-4-9-11-7/h4-5H,3H2,1-2H3,(H2,8,9,10,11,12). The summed E-state index contributed by atoms with van der Waals surface area (Å²) in [6.45, 7) is 1.88. The lowest BCUT2D eigenvalue weighted by atomic mass is 10.2. The molecule has 0 aliphatic carbocycles. The van der Waals surface area contributed by atoms with Crippen molar-refractivity contribution in [1.29, 1.82) is 0 Å². The first-order valence-electron chi connectivity index (χ1n) is 3.89. The first-order valence-corrected chi connectivity index (χ1v) is 5.28. The van der Waals surface area contributed by atoms with Gasteiger partial charge < -0.3 is 0 Å². The maximum atomic E-state index is 11.4. The molecule has 1 atom stereocenters. The molecular weight excluding hydrogens is 188 g/mol. The van der Waals surface area contributed by atoms with Gasteiger partial charge >= 0.3 is 0 Å². The average Bonchev–Trinajstić information content (AvgIpc) is 2.57. The van der Waals surface area contributed by atoms with E-state index in [1.807, 2.05) is 13.2 Å². The van der Waals surface area contributed by atoms with Crippen molar-refractivity contribution in [1.82, 2.24) is 15.2 Å². The Morgan fingerprint density at radius 1 is 1.85 bits per heavy atom. The molecule has 1 aromatic heterocycles. The van der Waals surface area contributed by atoms with Crippen LogP contribution in [-0.2, 0) is 4.79 Å². The van der Waals surface area contributed by atoms with Crippen molar-refractivity contribution in [2.75, 3.05) is 17.3 Å². The Bertz CT molecular complexity index is 261. The van der Waals surface area contributed by atoms with Gasteiger partial charge in [0.25, 0.3) is 0 Å². The third-order valence-corrected chi connectivity index (χ3v) is 2.35. The van der Waals surface area contributed by atoms with Crippen LogP contribution in [0.3, 0.4) is 0 Å². The second kappa shape index (κ2) is 4.86. The highest BCUT2D eigenvalue weighted by Gasteiger charge is 2.12. The van der Waals surface area contributed by atoms with Gasteiger partial charge in [-0.3, -0.25) is 10.1 Å². The first kappa shape index (κ1) is 10.0. The normalized spacial score (nSPS) is 12.5. The van der Waals surface area contributed by atoms with Gasteiger partial charge in [0.1, 0.15) is 6.33 Å². The summed E-state index contributed by atoms with van der Waals surface area (Å²) in [4.78, 5) is 15.2. The Kier molecular flexibility index (Phi) is 3.75. The van der Waals surface area contributed by atoms with Gasteiger partial charge in [-0.25, -0.2) is 5.10 Å². The first-order chi connectivity index (χ1) is 6.24. The molecule has 0 aromatic carbocycles. The molecule has 0 bridgehead atoms. The fourth-order valence-corrected chi connectivity index (χ4v) is 1.48. The smallest absolute Gasteiger partial charge is 0.230 e. The maximum Gasteiger partial charge on any atom is 0.230 e. The summed E-state index contributed by atoms with van der Waals surface area (Å²) in [5.74, 6) is 1.16. The summed E-state index contributed by atoms with van der Waals surface area (Å²) in [5.41, 5.74) is 0. The van der Waals surface area contributed by atoms with E-state index in [4.69, 9.17) is 0 Å². The summed E-state index contributed by atoms with van der Waals surface area (Å²) >= 11 is 1.64. The highest BCUT2D eigenvalue weighted by Crippen LogP contribution is 2.06. The lowest BCUT2D eigenvalue weighted by molar-refractivity contribution is -0.118. The Morgan fingerprint density at radius 2 is 2.62 bits per heavy atom. The minimum absolute atomic E-state index is 0.0138. The van der Waals surface area contributed by atoms with Crippen molar-refractivity contribution in [3.8, 4) is 0 Å². The van der Waals surface area contributed by atoms with E-state index < -0.39 is 0 Å². The quantitative estimate of drug-likeness (QED) is 0.752. The van der Waals surface area contributed by atoms with Crippen LogP contribution in [0.5, 0.6) is 0 Å². The number of hydrogen-bond acceptors (Lipinski definition) is 4. The molecule has 1 amide bonds. The van der Waals surface area contributed by atoms with Crippen LogP contribution in [0.4, 0.5) is 5.95 Å². The summed E-state index contributed by atoms with van der Waals surface area (Å²) in [7, 11) is 0. The summed E-state index contributed by atoms with van der Waals surface area (Å²) in [6, 6.07) is 0. The average molecular weight is 200 g/mol. The van der Waals surface area contributed by atoms with Gasteiger partial charge in [-0.1, -0.05) is 6.92 Å². The number of aromatic nitrogens is 3. The van der Waals surface area contributed by atoms with Crippen LogP contribution in [-0.4, -0.2) is 33.1 Å². The van der Waals surface area contributed by atoms with Crippen LogP contribution in [0, 0.1) is 5.92 Å². The number of hydrogen-bond donors (Lipinski definition) is 2. The number of nitrogens with zero attached hydrogens (tertiary/aromatic N) is 2. The van der Waals surface area contributed by atoms with E-state index in [1.54, 1.807) is 11.8 Å². The van der Waals surface area contributed by atoms with Gasteiger partial charge in [-0.05, 0) is 6.26 Å². The van der Waals surface area contributed by atoms with Crippen LogP contribution in [0.2, 0.25) is 0 Å². The molecule has 13 heavy (non-hydrogen) atoms. The Balaban J connectivity index is 2.41.